The van der Waals surface area contributed by atoms with E-state index in [1.807, 2.05) is 12.1 Å². The second-order valence-corrected chi connectivity index (χ2v) is 6.04. The molecular weight excluding hydrogens is 424 g/mol. The van der Waals surface area contributed by atoms with Crippen molar-refractivity contribution >= 4 is 44.4 Å². The molecule has 0 atom stereocenters. The third kappa shape index (κ3) is 4.01. The molecule has 1 amide bonds. The van der Waals surface area contributed by atoms with E-state index >= 15 is 0 Å². The van der Waals surface area contributed by atoms with Crippen molar-refractivity contribution in [3.05, 3.63) is 67.5 Å². The predicted molar refractivity (Wildman–Crippen MR) is 84.4 cm³/mol. The van der Waals surface area contributed by atoms with Crippen LogP contribution in [0.5, 0.6) is 0 Å². The van der Waals surface area contributed by atoms with Crippen LogP contribution in [0.4, 0.5) is 4.39 Å². The third-order valence-electron chi connectivity index (χ3n) is 2.52. The van der Waals surface area contributed by atoms with Gasteiger partial charge in [0.05, 0.1) is 5.56 Å². The number of rotatable bonds is 3. The van der Waals surface area contributed by atoms with Crippen molar-refractivity contribution < 1.29 is 9.18 Å². The van der Waals surface area contributed by atoms with Crippen LogP contribution in [0.3, 0.4) is 0 Å². The zero-order valence-electron chi connectivity index (χ0n) is 9.79. The van der Waals surface area contributed by atoms with E-state index in [4.69, 9.17) is 0 Å². The Morgan fingerprint density at radius 1 is 1.26 bits per heavy atom. The molecule has 5 heteroatoms. The summed E-state index contributed by atoms with van der Waals surface area (Å²) in [5.41, 5.74) is 1.30. The lowest BCUT2D eigenvalue weighted by molar-refractivity contribution is 0.0950. The first-order chi connectivity index (χ1) is 9.06. The molecule has 98 valence electrons. The van der Waals surface area contributed by atoms with Gasteiger partial charge in [-0.3, -0.25) is 4.79 Å². The number of halogens is 3. The van der Waals surface area contributed by atoms with E-state index in [0.717, 1.165) is 13.6 Å². The lowest BCUT2D eigenvalue weighted by Gasteiger charge is -2.07. The summed E-state index contributed by atoms with van der Waals surface area (Å²) < 4.78 is 14.7. The van der Waals surface area contributed by atoms with Gasteiger partial charge in [-0.1, -0.05) is 12.1 Å². The highest BCUT2D eigenvalue weighted by molar-refractivity contribution is 14.1. The normalized spacial score (nSPS) is 10.3. The van der Waals surface area contributed by atoms with Crippen LogP contribution in [-0.2, 0) is 6.54 Å². The van der Waals surface area contributed by atoms with Crippen LogP contribution >= 0.6 is 38.5 Å². The number of benzene rings is 2. The minimum Gasteiger partial charge on any atom is -0.348 e. The minimum atomic E-state index is -0.304. The summed E-state index contributed by atoms with van der Waals surface area (Å²) in [5, 5.41) is 2.77. The van der Waals surface area contributed by atoms with Crippen molar-refractivity contribution in [2.24, 2.45) is 0 Å². The molecule has 0 aliphatic rings. The molecule has 0 aliphatic carbocycles. The van der Waals surface area contributed by atoms with Crippen molar-refractivity contribution in [3.8, 4) is 0 Å². The highest BCUT2D eigenvalue weighted by atomic mass is 127. The molecule has 1 N–H and O–H groups in total. The molecule has 0 bridgehead atoms. The summed E-state index contributed by atoms with van der Waals surface area (Å²) in [7, 11) is 0. The molecule has 0 aliphatic heterocycles. The first-order valence-electron chi connectivity index (χ1n) is 5.54. The van der Waals surface area contributed by atoms with Crippen molar-refractivity contribution in [1.82, 2.24) is 5.32 Å². The second-order valence-electron chi connectivity index (χ2n) is 3.94. The largest absolute Gasteiger partial charge is 0.348 e. The van der Waals surface area contributed by atoms with Crippen molar-refractivity contribution in [1.29, 1.82) is 0 Å². The highest BCUT2D eigenvalue weighted by Gasteiger charge is 2.10. The zero-order valence-corrected chi connectivity index (χ0v) is 13.5. The fraction of sp³-hybridized carbons (Fsp3) is 0.0714. The summed E-state index contributed by atoms with van der Waals surface area (Å²) in [6.45, 7) is 0.300. The SMILES string of the molecule is O=C(NCc1cccc(F)c1)c1cc(I)ccc1Br. The van der Waals surface area contributed by atoms with Crippen LogP contribution in [0.2, 0.25) is 0 Å². The van der Waals surface area contributed by atoms with E-state index in [9.17, 15) is 9.18 Å². The maximum absolute atomic E-state index is 13.0. The predicted octanol–water partition coefficient (Wildman–Crippen LogP) is 4.12. The van der Waals surface area contributed by atoms with Gasteiger partial charge in [-0.2, -0.15) is 0 Å². The summed E-state index contributed by atoms with van der Waals surface area (Å²) in [5.74, 6) is -0.489. The third-order valence-corrected chi connectivity index (χ3v) is 3.88. The standard InChI is InChI=1S/C14H10BrFINO/c15-13-5-4-11(17)7-12(13)14(19)18-8-9-2-1-3-10(16)6-9/h1-7H,8H2,(H,18,19). The Labute approximate surface area is 132 Å². The van der Waals surface area contributed by atoms with Gasteiger partial charge in [0.1, 0.15) is 5.82 Å². The number of hydrogen-bond donors (Lipinski definition) is 1. The summed E-state index contributed by atoms with van der Waals surface area (Å²) in [6.07, 6.45) is 0. The summed E-state index contributed by atoms with van der Waals surface area (Å²) >= 11 is 5.49. The van der Waals surface area contributed by atoms with Crippen molar-refractivity contribution in [3.63, 3.8) is 0 Å². The molecule has 0 fully saturated rings. The van der Waals surface area contributed by atoms with Gasteiger partial charge in [-0.05, 0) is 74.4 Å². The maximum Gasteiger partial charge on any atom is 0.252 e. The molecule has 0 unspecified atom stereocenters. The number of carbonyl (C=O) groups excluding carboxylic acids is 1. The average Bonchev–Trinajstić information content (AvgIpc) is 2.39. The van der Waals surface area contributed by atoms with Gasteiger partial charge in [-0.25, -0.2) is 4.39 Å². The van der Waals surface area contributed by atoms with E-state index in [1.54, 1.807) is 18.2 Å². The molecule has 2 aromatic rings. The molecule has 2 aromatic carbocycles. The van der Waals surface area contributed by atoms with Crippen LogP contribution in [0.1, 0.15) is 15.9 Å². The Kier molecular flexibility index (Phi) is 4.93. The summed E-state index contributed by atoms with van der Waals surface area (Å²) in [6, 6.07) is 11.7. The molecule has 0 saturated carbocycles. The Morgan fingerprint density at radius 3 is 2.79 bits per heavy atom. The minimum absolute atomic E-state index is 0.186. The Balaban J connectivity index is 2.07. The van der Waals surface area contributed by atoms with Crippen LogP contribution in [-0.4, -0.2) is 5.91 Å². The maximum atomic E-state index is 13.0. The highest BCUT2D eigenvalue weighted by Crippen LogP contribution is 2.19. The molecule has 0 heterocycles. The molecule has 2 rings (SSSR count). The van der Waals surface area contributed by atoms with Crippen molar-refractivity contribution in [2.75, 3.05) is 0 Å². The van der Waals surface area contributed by atoms with Gasteiger partial charge in [0.25, 0.3) is 5.91 Å². The van der Waals surface area contributed by atoms with Crippen LogP contribution < -0.4 is 5.32 Å². The number of amides is 1. The van der Waals surface area contributed by atoms with E-state index in [1.165, 1.54) is 12.1 Å². The molecule has 0 radical (unpaired) electrons. The zero-order chi connectivity index (χ0) is 13.8. The Bertz CT molecular complexity index is 618. The first-order valence-corrected chi connectivity index (χ1v) is 7.41. The smallest absolute Gasteiger partial charge is 0.252 e. The molecule has 0 saturated heterocycles. The van der Waals surface area contributed by atoms with Gasteiger partial charge >= 0.3 is 0 Å². The summed E-state index contributed by atoms with van der Waals surface area (Å²) in [4.78, 5) is 12.0. The fourth-order valence-electron chi connectivity index (χ4n) is 1.60. The average molecular weight is 434 g/mol. The lowest BCUT2D eigenvalue weighted by atomic mass is 10.2. The van der Waals surface area contributed by atoms with Crippen molar-refractivity contribution in [2.45, 2.75) is 6.54 Å². The van der Waals surface area contributed by atoms with E-state index in [0.29, 0.717) is 12.1 Å². The van der Waals surface area contributed by atoms with Gasteiger partial charge in [-0.15, -0.1) is 0 Å². The number of carbonyl (C=O) groups is 1. The number of nitrogens with one attached hydrogen (secondary N) is 1. The molecule has 2 nitrogen and oxygen atoms in total. The number of hydrogen-bond acceptors (Lipinski definition) is 1. The second kappa shape index (κ2) is 6.47. The fourth-order valence-corrected chi connectivity index (χ4v) is 2.51. The van der Waals surface area contributed by atoms with Gasteiger partial charge in [0, 0.05) is 14.6 Å². The van der Waals surface area contributed by atoms with E-state index in [-0.39, 0.29) is 11.7 Å². The van der Waals surface area contributed by atoms with Crippen LogP contribution in [0.15, 0.2) is 46.9 Å². The Hall–Kier alpha value is -0.950. The lowest BCUT2D eigenvalue weighted by Crippen LogP contribution is -2.23. The van der Waals surface area contributed by atoms with Crippen LogP contribution in [0, 0.1) is 9.39 Å². The monoisotopic (exact) mass is 433 g/mol. The molecule has 0 spiro atoms. The van der Waals surface area contributed by atoms with Gasteiger partial charge in [0.15, 0.2) is 0 Å². The van der Waals surface area contributed by atoms with Gasteiger partial charge < -0.3 is 5.32 Å². The quantitative estimate of drug-likeness (QED) is 0.724. The topological polar surface area (TPSA) is 29.1 Å². The molecular formula is C14H10BrFINO. The van der Waals surface area contributed by atoms with Gasteiger partial charge in [0.2, 0.25) is 0 Å². The van der Waals surface area contributed by atoms with Crippen LogP contribution in [0.25, 0.3) is 0 Å². The Morgan fingerprint density at radius 2 is 2.05 bits per heavy atom. The molecule has 0 aromatic heterocycles. The van der Waals surface area contributed by atoms with E-state index in [2.05, 4.69) is 43.8 Å². The van der Waals surface area contributed by atoms with E-state index < -0.39 is 0 Å². The molecule has 19 heavy (non-hydrogen) atoms. The first kappa shape index (κ1) is 14.5.